The highest BCUT2D eigenvalue weighted by Gasteiger charge is 2.22. The minimum absolute atomic E-state index is 0.157. The first-order chi connectivity index (χ1) is 11.6. The Kier molecular flexibility index (Phi) is 7.03. The van der Waals surface area contributed by atoms with E-state index in [1.54, 1.807) is 18.2 Å². The van der Waals surface area contributed by atoms with Crippen LogP contribution < -0.4 is 5.32 Å². The highest BCUT2D eigenvalue weighted by Crippen LogP contribution is 2.33. The predicted octanol–water partition coefficient (Wildman–Crippen LogP) is 5.09. The first-order valence-electron chi connectivity index (χ1n) is 8.45. The van der Waals surface area contributed by atoms with Crippen molar-refractivity contribution in [3.63, 3.8) is 0 Å². The average Bonchev–Trinajstić information content (AvgIpc) is 2.58. The number of halogens is 1. The minimum Gasteiger partial charge on any atom is -0.465 e. The van der Waals surface area contributed by atoms with Gasteiger partial charge < -0.3 is 10.1 Å². The van der Waals surface area contributed by atoms with E-state index in [9.17, 15) is 9.59 Å². The Labute approximate surface area is 151 Å². The van der Waals surface area contributed by atoms with Crippen LogP contribution in [0.25, 0.3) is 0 Å². The zero-order valence-corrected chi connectivity index (χ0v) is 15.8. The van der Waals surface area contributed by atoms with Gasteiger partial charge in [-0.15, -0.1) is 0 Å². The molecule has 0 radical (unpaired) electrons. The molecule has 0 aromatic heterocycles. The topological polar surface area (TPSA) is 55.4 Å². The molecule has 1 atom stereocenters. The second-order valence-corrected chi connectivity index (χ2v) is 6.87. The fraction of sp³-hybridized carbons (Fsp3) is 0.474. The van der Waals surface area contributed by atoms with E-state index in [0.29, 0.717) is 22.4 Å². The number of unbranched alkanes of at least 4 members (excludes halogenated alkanes) is 2. The molecule has 0 bridgehead atoms. The van der Waals surface area contributed by atoms with Gasteiger partial charge in [0.15, 0.2) is 5.78 Å². The van der Waals surface area contributed by atoms with Crippen LogP contribution in [0.15, 0.2) is 34.4 Å². The number of rotatable bonds is 7. The zero-order chi connectivity index (χ0) is 17.5. The molecule has 24 heavy (non-hydrogen) atoms. The van der Waals surface area contributed by atoms with Gasteiger partial charge in [0.1, 0.15) is 0 Å². The molecular formula is C19H24BrNO3. The summed E-state index contributed by atoms with van der Waals surface area (Å²) in [5.41, 5.74) is 2.19. The first kappa shape index (κ1) is 18.7. The standard InChI is InChI=1S/C19H24BrNO3/c1-3-4-5-7-13-10-11-14(22)12-17(13)21-16-9-6-8-15(18(16)20)19(23)24-2/h6,8-9,12-13,21H,3-5,7,10-11H2,1-2H3. The molecule has 0 aliphatic heterocycles. The fourth-order valence-electron chi connectivity index (χ4n) is 2.97. The van der Waals surface area contributed by atoms with Gasteiger partial charge in [-0.3, -0.25) is 4.79 Å². The fourth-order valence-corrected chi connectivity index (χ4v) is 3.49. The van der Waals surface area contributed by atoms with E-state index in [2.05, 4.69) is 28.2 Å². The maximum atomic E-state index is 11.8. The van der Waals surface area contributed by atoms with E-state index in [4.69, 9.17) is 4.74 Å². The van der Waals surface area contributed by atoms with Crippen molar-refractivity contribution < 1.29 is 14.3 Å². The van der Waals surface area contributed by atoms with E-state index in [1.807, 2.05) is 6.07 Å². The Morgan fingerprint density at radius 3 is 2.88 bits per heavy atom. The number of carbonyl (C=O) groups excluding carboxylic acids is 2. The van der Waals surface area contributed by atoms with E-state index >= 15 is 0 Å². The van der Waals surface area contributed by atoms with E-state index in [1.165, 1.54) is 20.0 Å². The summed E-state index contributed by atoms with van der Waals surface area (Å²) in [4.78, 5) is 23.7. The predicted molar refractivity (Wildman–Crippen MR) is 99.1 cm³/mol. The molecule has 2 rings (SSSR count). The van der Waals surface area contributed by atoms with Crippen LogP contribution in [-0.4, -0.2) is 18.9 Å². The lowest BCUT2D eigenvalue weighted by atomic mass is 9.87. The Morgan fingerprint density at radius 1 is 1.38 bits per heavy atom. The molecule has 0 spiro atoms. The van der Waals surface area contributed by atoms with Crippen LogP contribution in [0.1, 0.15) is 55.8 Å². The summed E-state index contributed by atoms with van der Waals surface area (Å²) < 4.78 is 5.46. The minimum atomic E-state index is -0.390. The second-order valence-electron chi connectivity index (χ2n) is 6.08. The number of anilines is 1. The number of allylic oxidation sites excluding steroid dienone is 2. The molecule has 1 N–H and O–H groups in total. The van der Waals surface area contributed by atoms with Crippen LogP contribution in [0, 0.1) is 5.92 Å². The molecule has 1 aliphatic rings. The summed E-state index contributed by atoms with van der Waals surface area (Å²) in [5.74, 6) is 0.131. The summed E-state index contributed by atoms with van der Waals surface area (Å²) in [7, 11) is 1.36. The lowest BCUT2D eigenvalue weighted by Gasteiger charge is -2.25. The van der Waals surface area contributed by atoms with Crippen LogP contribution in [0.4, 0.5) is 5.69 Å². The molecule has 130 valence electrons. The summed E-state index contributed by atoms with van der Waals surface area (Å²) in [6, 6.07) is 5.40. The maximum Gasteiger partial charge on any atom is 0.339 e. The number of hydrogen-bond donors (Lipinski definition) is 1. The number of hydrogen-bond acceptors (Lipinski definition) is 4. The molecule has 1 aromatic rings. The molecule has 0 saturated carbocycles. The van der Waals surface area contributed by atoms with Crippen molar-refractivity contribution >= 4 is 33.4 Å². The molecule has 0 fully saturated rings. The quantitative estimate of drug-likeness (QED) is 0.517. The second kappa shape index (κ2) is 9.02. The molecule has 0 amide bonds. The zero-order valence-electron chi connectivity index (χ0n) is 14.2. The van der Waals surface area contributed by atoms with Gasteiger partial charge in [-0.2, -0.15) is 0 Å². The van der Waals surface area contributed by atoms with Gasteiger partial charge in [0.25, 0.3) is 0 Å². The van der Waals surface area contributed by atoms with E-state index in [-0.39, 0.29) is 5.78 Å². The van der Waals surface area contributed by atoms with Crippen LogP contribution in [0.5, 0.6) is 0 Å². The molecule has 1 aromatic carbocycles. The monoisotopic (exact) mass is 393 g/mol. The molecule has 1 aliphatic carbocycles. The Balaban J connectivity index is 2.20. The lowest BCUT2D eigenvalue weighted by Crippen LogP contribution is -2.20. The van der Waals surface area contributed by atoms with Gasteiger partial charge in [-0.05, 0) is 46.8 Å². The third kappa shape index (κ3) is 4.69. The molecule has 0 heterocycles. The largest absolute Gasteiger partial charge is 0.465 e. The van der Waals surface area contributed by atoms with Gasteiger partial charge in [-0.25, -0.2) is 4.79 Å². The van der Waals surface area contributed by atoms with Crippen molar-refractivity contribution in [2.24, 2.45) is 5.92 Å². The number of esters is 1. The Hall–Kier alpha value is -1.62. The number of ether oxygens (including phenoxy) is 1. The van der Waals surface area contributed by atoms with Crippen molar-refractivity contribution in [2.75, 3.05) is 12.4 Å². The number of nitrogens with one attached hydrogen (secondary N) is 1. The number of ketones is 1. The maximum absolute atomic E-state index is 11.8. The van der Waals surface area contributed by atoms with Gasteiger partial charge in [-0.1, -0.05) is 32.3 Å². The van der Waals surface area contributed by atoms with E-state index in [0.717, 1.165) is 30.6 Å². The van der Waals surface area contributed by atoms with Gasteiger partial charge in [0.05, 0.1) is 22.8 Å². The van der Waals surface area contributed by atoms with Crippen molar-refractivity contribution in [1.29, 1.82) is 0 Å². The SMILES string of the molecule is CCCCCC1CCC(=O)C=C1Nc1cccc(C(=O)OC)c1Br. The summed E-state index contributed by atoms with van der Waals surface area (Å²) in [6.45, 7) is 2.19. The molecule has 5 heteroatoms. The first-order valence-corrected chi connectivity index (χ1v) is 9.24. The molecular weight excluding hydrogens is 370 g/mol. The molecule has 4 nitrogen and oxygen atoms in total. The third-order valence-electron chi connectivity index (χ3n) is 4.33. The number of carbonyl (C=O) groups is 2. The summed E-state index contributed by atoms with van der Waals surface area (Å²) in [5, 5.41) is 3.36. The van der Waals surface area contributed by atoms with Crippen molar-refractivity contribution in [2.45, 2.75) is 45.4 Å². The van der Waals surface area contributed by atoms with E-state index < -0.39 is 5.97 Å². The van der Waals surface area contributed by atoms with Crippen molar-refractivity contribution in [3.05, 3.63) is 40.0 Å². The lowest BCUT2D eigenvalue weighted by molar-refractivity contribution is -0.115. The smallest absolute Gasteiger partial charge is 0.339 e. The summed E-state index contributed by atoms with van der Waals surface area (Å²) in [6.07, 6.45) is 7.86. The van der Waals surface area contributed by atoms with Crippen molar-refractivity contribution in [1.82, 2.24) is 0 Å². The molecule has 1 unspecified atom stereocenters. The highest BCUT2D eigenvalue weighted by molar-refractivity contribution is 9.10. The number of benzene rings is 1. The Bertz CT molecular complexity index is 639. The average molecular weight is 394 g/mol. The number of methoxy groups -OCH3 is 1. The van der Waals surface area contributed by atoms with Crippen LogP contribution in [-0.2, 0) is 9.53 Å². The Morgan fingerprint density at radius 2 is 2.17 bits per heavy atom. The normalized spacial score (nSPS) is 17.4. The van der Waals surface area contributed by atoms with Crippen LogP contribution >= 0.6 is 15.9 Å². The van der Waals surface area contributed by atoms with Crippen LogP contribution in [0.3, 0.4) is 0 Å². The van der Waals surface area contributed by atoms with Gasteiger partial charge in [0, 0.05) is 18.2 Å². The van der Waals surface area contributed by atoms with Crippen molar-refractivity contribution in [3.8, 4) is 0 Å². The van der Waals surface area contributed by atoms with Crippen LogP contribution in [0.2, 0.25) is 0 Å². The highest BCUT2D eigenvalue weighted by atomic mass is 79.9. The molecule has 0 saturated heterocycles. The summed E-state index contributed by atoms with van der Waals surface area (Å²) >= 11 is 3.47. The van der Waals surface area contributed by atoms with Gasteiger partial charge in [0.2, 0.25) is 0 Å². The van der Waals surface area contributed by atoms with Gasteiger partial charge >= 0.3 is 5.97 Å². The third-order valence-corrected chi connectivity index (χ3v) is 5.19.